The number of nitrogens with zero attached hydrogens (tertiary/aromatic N) is 4. The Morgan fingerprint density at radius 1 is 0.867 bits per heavy atom. The summed E-state index contributed by atoms with van der Waals surface area (Å²) in [6, 6.07) is 8.03. The molecule has 0 bridgehead atoms. The van der Waals surface area contributed by atoms with Gasteiger partial charge < -0.3 is 18.3 Å². The van der Waals surface area contributed by atoms with Gasteiger partial charge in [-0.1, -0.05) is 6.07 Å². The minimum absolute atomic E-state index is 0.520. The van der Waals surface area contributed by atoms with Gasteiger partial charge in [-0.15, -0.1) is 10.2 Å². The first-order chi connectivity index (χ1) is 14.6. The standard InChI is InChI=1S/C22H28N4O4/c1-15-11-18(16(2)29-15)22-24-23-21(30-22)14-26-9-7-25(8-10-26)13-17-5-6-19(27-3)20(12-17)28-4/h5-6,11-12H,7-10,13-14H2,1-4H3. The Hall–Kier alpha value is -2.84. The predicted molar refractivity (Wildman–Crippen MR) is 112 cm³/mol. The van der Waals surface area contributed by atoms with Crippen molar-refractivity contribution in [2.24, 2.45) is 0 Å². The Balaban J connectivity index is 1.31. The smallest absolute Gasteiger partial charge is 0.251 e. The van der Waals surface area contributed by atoms with Crippen molar-refractivity contribution in [1.29, 1.82) is 0 Å². The minimum Gasteiger partial charge on any atom is -0.493 e. The van der Waals surface area contributed by atoms with E-state index in [1.165, 1.54) is 5.56 Å². The summed E-state index contributed by atoms with van der Waals surface area (Å²) in [6.07, 6.45) is 0. The van der Waals surface area contributed by atoms with Crippen LogP contribution in [0.15, 0.2) is 33.1 Å². The average Bonchev–Trinajstić information content (AvgIpc) is 3.34. The molecule has 3 aromatic rings. The summed E-state index contributed by atoms with van der Waals surface area (Å²) in [5.74, 6) is 4.32. The van der Waals surface area contributed by atoms with Crippen LogP contribution in [0.5, 0.6) is 11.5 Å². The number of benzene rings is 1. The summed E-state index contributed by atoms with van der Waals surface area (Å²) in [5.41, 5.74) is 2.08. The zero-order valence-corrected chi connectivity index (χ0v) is 18.0. The molecule has 0 amide bonds. The van der Waals surface area contributed by atoms with Crippen LogP contribution in [0.25, 0.3) is 11.5 Å². The van der Waals surface area contributed by atoms with Gasteiger partial charge >= 0.3 is 0 Å². The maximum absolute atomic E-state index is 5.87. The second-order valence-electron chi connectivity index (χ2n) is 7.57. The van der Waals surface area contributed by atoms with Gasteiger partial charge in [0.15, 0.2) is 11.5 Å². The first-order valence-electron chi connectivity index (χ1n) is 10.1. The molecule has 1 saturated heterocycles. The molecule has 160 valence electrons. The highest BCUT2D eigenvalue weighted by Gasteiger charge is 2.21. The van der Waals surface area contributed by atoms with E-state index in [-0.39, 0.29) is 0 Å². The molecule has 0 atom stereocenters. The van der Waals surface area contributed by atoms with Crippen LogP contribution in [0.4, 0.5) is 0 Å². The number of furan rings is 1. The van der Waals surface area contributed by atoms with Gasteiger partial charge in [-0.3, -0.25) is 9.80 Å². The number of aryl methyl sites for hydroxylation is 2. The third kappa shape index (κ3) is 4.49. The highest BCUT2D eigenvalue weighted by atomic mass is 16.5. The molecule has 0 N–H and O–H groups in total. The van der Waals surface area contributed by atoms with E-state index in [2.05, 4.69) is 26.1 Å². The fourth-order valence-electron chi connectivity index (χ4n) is 3.80. The number of ether oxygens (including phenoxy) is 2. The normalized spacial score (nSPS) is 15.5. The predicted octanol–water partition coefficient (Wildman–Crippen LogP) is 3.28. The monoisotopic (exact) mass is 412 g/mol. The number of rotatable bonds is 7. The highest BCUT2D eigenvalue weighted by Crippen LogP contribution is 2.28. The number of hydrogen-bond donors (Lipinski definition) is 0. The molecule has 30 heavy (non-hydrogen) atoms. The molecule has 8 nitrogen and oxygen atoms in total. The third-order valence-electron chi connectivity index (χ3n) is 5.42. The Bertz CT molecular complexity index is 989. The van der Waals surface area contributed by atoms with Crippen LogP contribution in [-0.4, -0.2) is 60.4 Å². The second-order valence-corrected chi connectivity index (χ2v) is 7.57. The van der Waals surface area contributed by atoms with Crippen LogP contribution >= 0.6 is 0 Å². The van der Waals surface area contributed by atoms with E-state index in [4.69, 9.17) is 18.3 Å². The van der Waals surface area contributed by atoms with Crippen molar-refractivity contribution in [3.8, 4) is 23.0 Å². The lowest BCUT2D eigenvalue weighted by molar-refractivity contribution is 0.114. The van der Waals surface area contributed by atoms with Crippen molar-refractivity contribution < 1.29 is 18.3 Å². The molecule has 0 spiro atoms. The molecule has 0 saturated carbocycles. The molecule has 0 radical (unpaired) electrons. The van der Waals surface area contributed by atoms with Gasteiger partial charge in [0.2, 0.25) is 5.89 Å². The molecule has 0 unspecified atom stereocenters. The fraction of sp³-hybridized carbons (Fsp3) is 0.455. The first kappa shape index (κ1) is 20.4. The summed E-state index contributed by atoms with van der Waals surface area (Å²) in [4.78, 5) is 4.78. The maximum Gasteiger partial charge on any atom is 0.251 e. The van der Waals surface area contributed by atoms with E-state index in [0.717, 1.165) is 61.3 Å². The first-order valence-corrected chi connectivity index (χ1v) is 10.1. The van der Waals surface area contributed by atoms with Crippen molar-refractivity contribution in [3.05, 3.63) is 47.2 Å². The minimum atomic E-state index is 0.520. The lowest BCUT2D eigenvalue weighted by Crippen LogP contribution is -2.45. The Morgan fingerprint density at radius 2 is 1.57 bits per heavy atom. The van der Waals surface area contributed by atoms with Crippen LogP contribution in [0, 0.1) is 13.8 Å². The number of methoxy groups -OCH3 is 2. The summed E-state index contributed by atoms with van der Waals surface area (Å²) >= 11 is 0. The lowest BCUT2D eigenvalue weighted by atomic mass is 10.1. The highest BCUT2D eigenvalue weighted by molar-refractivity contribution is 5.55. The quantitative estimate of drug-likeness (QED) is 0.585. The Kier molecular flexibility index (Phi) is 6.06. The molecule has 3 heterocycles. The van der Waals surface area contributed by atoms with Gasteiger partial charge in [-0.2, -0.15) is 0 Å². The molecule has 0 aliphatic carbocycles. The fourth-order valence-corrected chi connectivity index (χ4v) is 3.80. The summed E-state index contributed by atoms with van der Waals surface area (Å²) in [7, 11) is 3.32. The summed E-state index contributed by atoms with van der Waals surface area (Å²) < 4.78 is 22.2. The van der Waals surface area contributed by atoms with Gasteiger partial charge in [-0.25, -0.2) is 0 Å². The summed E-state index contributed by atoms with van der Waals surface area (Å²) in [6.45, 7) is 9.23. The van der Waals surface area contributed by atoms with Crippen LogP contribution in [0.2, 0.25) is 0 Å². The molecule has 8 heteroatoms. The Morgan fingerprint density at radius 3 is 2.20 bits per heavy atom. The zero-order chi connectivity index (χ0) is 21.1. The molecular formula is C22H28N4O4. The van der Waals surface area contributed by atoms with Gasteiger partial charge in [0.25, 0.3) is 5.89 Å². The Labute approximate surface area is 176 Å². The van der Waals surface area contributed by atoms with Crippen molar-refractivity contribution >= 4 is 0 Å². The van der Waals surface area contributed by atoms with E-state index in [1.54, 1.807) is 14.2 Å². The molecule has 1 aromatic carbocycles. The molecule has 2 aromatic heterocycles. The summed E-state index contributed by atoms with van der Waals surface area (Å²) in [5, 5.41) is 8.41. The molecule has 1 fully saturated rings. The molecule has 1 aliphatic heterocycles. The third-order valence-corrected chi connectivity index (χ3v) is 5.42. The van der Waals surface area contributed by atoms with Gasteiger partial charge in [-0.05, 0) is 37.6 Å². The van der Waals surface area contributed by atoms with E-state index >= 15 is 0 Å². The molecule has 1 aliphatic rings. The average molecular weight is 412 g/mol. The SMILES string of the molecule is COc1ccc(CN2CCN(Cc3nnc(-c4cc(C)oc4C)o3)CC2)cc1OC. The van der Waals surface area contributed by atoms with Crippen LogP contribution in [-0.2, 0) is 13.1 Å². The lowest BCUT2D eigenvalue weighted by Gasteiger charge is -2.34. The van der Waals surface area contributed by atoms with Crippen molar-refractivity contribution in [2.45, 2.75) is 26.9 Å². The van der Waals surface area contributed by atoms with Crippen molar-refractivity contribution in [2.75, 3.05) is 40.4 Å². The van der Waals surface area contributed by atoms with Crippen molar-refractivity contribution in [3.63, 3.8) is 0 Å². The molecular weight excluding hydrogens is 384 g/mol. The zero-order valence-electron chi connectivity index (χ0n) is 18.0. The van der Waals surface area contributed by atoms with E-state index in [0.29, 0.717) is 18.3 Å². The van der Waals surface area contributed by atoms with Crippen LogP contribution in [0.1, 0.15) is 23.0 Å². The number of hydrogen-bond acceptors (Lipinski definition) is 8. The van der Waals surface area contributed by atoms with E-state index in [9.17, 15) is 0 Å². The van der Waals surface area contributed by atoms with Gasteiger partial charge in [0, 0.05) is 32.7 Å². The maximum atomic E-state index is 5.87. The van der Waals surface area contributed by atoms with Crippen LogP contribution in [0.3, 0.4) is 0 Å². The number of piperazine rings is 1. The van der Waals surface area contributed by atoms with Crippen molar-refractivity contribution in [1.82, 2.24) is 20.0 Å². The van der Waals surface area contributed by atoms with E-state index in [1.807, 2.05) is 32.0 Å². The topological polar surface area (TPSA) is 77.0 Å². The second kappa shape index (κ2) is 8.89. The largest absolute Gasteiger partial charge is 0.493 e. The van der Waals surface area contributed by atoms with Crippen LogP contribution < -0.4 is 9.47 Å². The number of aromatic nitrogens is 2. The van der Waals surface area contributed by atoms with Gasteiger partial charge in [0.05, 0.1) is 26.3 Å². The van der Waals surface area contributed by atoms with Gasteiger partial charge in [0.1, 0.15) is 11.5 Å². The van der Waals surface area contributed by atoms with E-state index < -0.39 is 0 Å². The molecule has 4 rings (SSSR count).